The number of benzene rings is 1. The van der Waals surface area contributed by atoms with Crippen molar-refractivity contribution < 1.29 is 29.0 Å². The standard InChI is InChI=1S/C14H13NO6S/c1-20-9-4-3-8(10(6-9)21-2)5-11-13(18)15(7-12(16)17)14(19)22-11/h3-6H,7H2,1-2H3,(H,16,17). The average molecular weight is 323 g/mol. The monoisotopic (exact) mass is 323 g/mol. The summed E-state index contributed by atoms with van der Waals surface area (Å²) in [7, 11) is 2.99. The molecule has 1 N–H and O–H groups in total. The van der Waals surface area contributed by atoms with Gasteiger partial charge in [-0.25, -0.2) is 0 Å². The summed E-state index contributed by atoms with van der Waals surface area (Å²) >= 11 is 0.696. The normalized spacial score (nSPS) is 16.3. The van der Waals surface area contributed by atoms with Gasteiger partial charge in [-0.3, -0.25) is 19.3 Å². The Morgan fingerprint density at radius 2 is 2.05 bits per heavy atom. The first-order chi connectivity index (χ1) is 10.5. The zero-order valence-electron chi connectivity index (χ0n) is 11.9. The van der Waals surface area contributed by atoms with Crippen LogP contribution in [0.15, 0.2) is 23.1 Å². The molecule has 22 heavy (non-hydrogen) atoms. The molecular weight excluding hydrogens is 310 g/mol. The number of aliphatic carboxylic acids is 1. The lowest BCUT2D eigenvalue weighted by Gasteiger charge is -2.09. The molecule has 0 aromatic heterocycles. The maximum Gasteiger partial charge on any atom is 0.323 e. The van der Waals surface area contributed by atoms with Crippen LogP contribution in [0.3, 0.4) is 0 Å². The van der Waals surface area contributed by atoms with E-state index in [2.05, 4.69) is 0 Å². The van der Waals surface area contributed by atoms with E-state index in [4.69, 9.17) is 14.6 Å². The molecule has 0 unspecified atom stereocenters. The van der Waals surface area contributed by atoms with E-state index in [0.29, 0.717) is 33.7 Å². The van der Waals surface area contributed by atoms with Crippen LogP contribution in [0.5, 0.6) is 11.5 Å². The molecule has 116 valence electrons. The molecule has 1 aromatic rings. The summed E-state index contributed by atoms with van der Waals surface area (Å²) < 4.78 is 10.3. The molecule has 1 aliphatic rings. The lowest BCUT2D eigenvalue weighted by Crippen LogP contribution is -2.33. The van der Waals surface area contributed by atoms with Crippen LogP contribution in [0.2, 0.25) is 0 Å². The van der Waals surface area contributed by atoms with Crippen LogP contribution >= 0.6 is 11.8 Å². The van der Waals surface area contributed by atoms with Crippen LogP contribution in [-0.2, 0) is 9.59 Å². The molecule has 0 atom stereocenters. The highest BCUT2D eigenvalue weighted by Crippen LogP contribution is 2.34. The van der Waals surface area contributed by atoms with Gasteiger partial charge in [0.1, 0.15) is 18.0 Å². The maximum atomic E-state index is 12.1. The third-order valence-corrected chi connectivity index (χ3v) is 3.80. The Bertz CT molecular complexity index is 669. The van der Waals surface area contributed by atoms with Crippen molar-refractivity contribution in [3.05, 3.63) is 28.7 Å². The number of amides is 2. The van der Waals surface area contributed by atoms with E-state index in [1.165, 1.54) is 20.3 Å². The van der Waals surface area contributed by atoms with Gasteiger partial charge in [0.05, 0.1) is 19.1 Å². The molecule has 0 radical (unpaired) electrons. The molecule has 7 nitrogen and oxygen atoms in total. The van der Waals surface area contributed by atoms with E-state index in [9.17, 15) is 14.4 Å². The maximum absolute atomic E-state index is 12.1. The number of carbonyl (C=O) groups is 3. The number of thioether (sulfide) groups is 1. The fourth-order valence-electron chi connectivity index (χ4n) is 1.85. The first-order valence-electron chi connectivity index (χ1n) is 6.15. The van der Waals surface area contributed by atoms with Gasteiger partial charge in [0, 0.05) is 11.6 Å². The van der Waals surface area contributed by atoms with Crippen molar-refractivity contribution in [1.29, 1.82) is 0 Å². The highest BCUT2D eigenvalue weighted by molar-refractivity contribution is 8.18. The SMILES string of the molecule is COc1ccc(C=C2SC(=O)N(CC(=O)O)C2=O)c(OC)c1. The van der Waals surface area contributed by atoms with Crippen LogP contribution in [0, 0.1) is 0 Å². The number of imide groups is 1. The Morgan fingerprint density at radius 3 is 2.64 bits per heavy atom. The molecule has 2 rings (SSSR count). The number of carboxylic acid groups (broad SMARTS) is 1. The topological polar surface area (TPSA) is 93.1 Å². The van der Waals surface area contributed by atoms with Gasteiger partial charge in [0.25, 0.3) is 11.1 Å². The van der Waals surface area contributed by atoms with Gasteiger partial charge < -0.3 is 14.6 Å². The summed E-state index contributed by atoms with van der Waals surface area (Å²) in [5.41, 5.74) is 0.587. The Hall–Kier alpha value is -2.48. The molecule has 0 saturated carbocycles. The lowest BCUT2D eigenvalue weighted by atomic mass is 10.1. The summed E-state index contributed by atoms with van der Waals surface area (Å²) in [6.45, 7) is -0.651. The molecule has 1 fully saturated rings. The Kier molecular flexibility index (Phi) is 4.71. The molecule has 1 aromatic carbocycles. The second-order valence-corrected chi connectivity index (χ2v) is 5.26. The smallest absolute Gasteiger partial charge is 0.323 e. The van der Waals surface area contributed by atoms with Gasteiger partial charge in [-0.05, 0) is 30.0 Å². The van der Waals surface area contributed by atoms with Crippen molar-refractivity contribution in [2.45, 2.75) is 0 Å². The van der Waals surface area contributed by atoms with Crippen molar-refractivity contribution in [3.63, 3.8) is 0 Å². The lowest BCUT2D eigenvalue weighted by molar-refractivity contribution is -0.140. The highest BCUT2D eigenvalue weighted by Gasteiger charge is 2.36. The minimum absolute atomic E-state index is 0.148. The van der Waals surface area contributed by atoms with E-state index in [1.54, 1.807) is 18.2 Å². The van der Waals surface area contributed by atoms with Gasteiger partial charge in [0.2, 0.25) is 0 Å². The molecule has 1 aliphatic heterocycles. The number of carbonyl (C=O) groups excluding carboxylic acids is 2. The number of methoxy groups -OCH3 is 2. The molecule has 0 spiro atoms. The number of ether oxygens (including phenoxy) is 2. The molecule has 0 aliphatic carbocycles. The van der Waals surface area contributed by atoms with Gasteiger partial charge >= 0.3 is 5.97 Å². The van der Waals surface area contributed by atoms with E-state index >= 15 is 0 Å². The average Bonchev–Trinajstić information content (AvgIpc) is 2.75. The minimum atomic E-state index is -1.24. The molecule has 1 heterocycles. The van der Waals surface area contributed by atoms with Crippen LogP contribution < -0.4 is 9.47 Å². The van der Waals surface area contributed by atoms with E-state index < -0.39 is 23.7 Å². The first-order valence-corrected chi connectivity index (χ1v) is 6.97. The van der Waals surface area contributed by atoms with Crippen molar-refractivity contribution in [2.24, 2.45) is 0 Å². The largest absolute Gasteiger partial charge is 0.497 e. The fourth-order valence-corrected chi connectivity index (χ4v) is 2.68. The van der Waals surface area contributed by atoms with Crippen LogP contribution in [0.25, 0.3) is 6.08 Å². The Labute approximate surface area is 130 Å². The highest BCUT2D eigenvalue weighted by atomic mass is 32.2. The number of carboxylic acids is 1. The van der Waals surface area contributed by atoms with Crippen LogP contribution in [-0.4, -0.2) is 47.9 Å². The second-order valence-electron chi connectivity index (χ2n) is 4.27. The third-order valence-electron chi connectivity index (χ3n) is 2.89. The predicted octanol–water partition coefficient (Wildman–Crippen LogP) is 1.82. The van der Waals surface area contributed by atoms with E-state index in [-0.39, 0.29) is 4.91 Å². The minimum Gasteiger partial charge on any atom is -0.497 e. The summed E-state index contributed by atoms with van der Waals surface area (Å²) in [6.07, 6.45) is 1.49. The van der Waals surface area contributed by atoms with Gasteiger partial charge in [-0.2, -0.15) is 0 Å². The van der Waals surface area contributed by atoms with E-state index in [1.807, 2.05) is 0 Å². The fraction of sp³-hybridized carbons (Fsp3) is 0.214. The number of nitrogens with zero attached hydrogens (tertiary/aromatic N) is 1. The van der Waals surface area contributed by atoms with E-state index in [0.717, 1.165) is 0 Å². The van der Waals surface area contributed by atoms with Crippen molar-refractivity contribution in [3.8, 4) is 11.5 Å². The van der Waals surface area contributed by atoms with Crippen molar-refractivity contribution in [1.82, 2.24) is 4.90 Å². The van der Waals surface area contributed by atoms with Gasteiger partial charge in [-0.15, -0.1) is 0 Å². The Morgan fingerprint density at radius 1 is 1.32 bits per heavy atom. The van der Waals surface area contributed by atoms with Crippen molar-refractivity contribution in [2.75, 3.05) is 20.8 Å². The number of hydrogen-bond acceptors (Lipinski definition) is 6. The predicted molar refractivity (Wildman–Crippen MR) is 79.9 cm³/mol. The summed E-state index contributed by atoms with van der Waals surface area (Å²) in [4.78, 5) is 35.3. The van der Waals surface area contributed by atoms with Gasteiger partial charge in [0.15, 0.2) is 0 Å². The van der Waals surface area contributed by atoms with Crippen molar-refractivity contribution >= 4 is 35.0 Å². The summed E-state index contributed by atoms with van der Waals surface area (Å²) in [5, 5.41) is 8.11. The quantitative estimate of drug-likeness (QED) is 0.826. The molecule has 8 heteroatoms. The van der Waals surface area contributed by atoms with Crippen LogP contribution in [0.1, 0.15) is 5.56 Å². The summed E-state index contributed by atoms with van der Waals surface area (Å²) in [6, 6.07) is 5.02. The van der Waals surface area contributed by atoms with Gasteiger partial charge in [-0.1, -0.05) is 0 Å². The molecular formula is C14H13NO6S. The third kappa shape index (κ3) is 3.22. The Balaban J connectivity index is 2.32. The number of hydrogen-bond donors (Lipinski definition) is 1. The molecule has 2 amide bonds. The summed E-state index contributed by atoms with van der Waals surface area (Å²) in [5.74, 6) is -0.807. The molecule has 0 bridgehead atoms. The second kappa shape index (κ2) is 6.52. The number of rotatable bonds is 5. The molecule has 1 saturated heterocycles. The zero-order valence-corrected chi connectivity index (χ0v) is 12.7. The zero-order chi connectivity index (χ0) is 16.3. The first kappa shape index (κ1) is 15.9. The van der Waals surface area contributed by atoms with Crippen LogP contribution in [0.4, 0.5) is 4.79 Å².